The van der Waals surface area contributed by atoms with Gasteiger partial charge in [0.25, 0.3) is 0 Å². The Bertz CT molecular complexity index is 667. The van der Waals surface area contributed by atoms with Crippen LogP contribution in [0.4, 0.5) is 0 Å². The van der Waals surface area contributed by atoms with E-state index in [0.717, 1.165) is 5.39 Å². The first-order chi connectivity index (χ1) is 8.00. The van der Waals surface area contributed by atoms with Gasteiger partial charge in [0.1, 0.15) is 10.7 Å². The van der Waals surface area contributed by atoms with Crippen LogP contribution in [0.2, 0.25) is 0 Å². The van der Waals surface area contributed by atoms with Gasteiger partial charge in [-0.1, -0.05) is 43.0 Å². The molecule has 4 heteroatoms. The van der Waals surface area contributed by atoms with Crippen LogP contribution in [0.3, 0.4) is 0 Å². The Labute approximate surface area is 100 Å². The molecule has 2 rings (SSSR count). The number of rotatable bonds is 3. The highest BCUT2D eigenvalue weighted by molar-refractivity contribution is 7.87. The largest absolute Gasteiger partial charge is 0.384 e. The summed E-state index contributed by atoms with van der Waals surface area (Å²) in [6, 6.07) is 12.3. The highest BCUT2D eigenvalue weighted by Gasteiger charge is 2.18. The van der Waals surface area contributed by atoms with E-state index in [2.05, 4.69) is 6.58 Å². The maximum Gasteiger partial charge on any atom is 0.339 e. The Hall–Kier alpha value is -1.81. The Kier molecular flexibility index (Phi) is 2.90. The molecule has 0 unspecified atom stereocenters. The molecule has 0 aliphatic carbocycles. The van der Waals surface area contributed by atoms with Crippen molar-refractivity contribution in [2.75, 3.05) is 0 Å². The van der Waals surface area contributed by atoms with Crippen molar-refractivity contribution in [3.05, 3.63) is 54.8 Å². The summed E-state index contributed by atoms with van der Waals surface area (Å²) in [5, 5.41) is 1.51. The fourth-order valence-corrected chi connectivity index (χ4v) is 2.81. The van der Waals surface area contributed by atoms with Crippen molar-refractivity contribution in [2.45, 2.75) is 11.8 Å². The summed E-state index contributed by atoms with van der Waals surface area (Å²) in [6.45, 7) is 4.95. The number of allylic oxidation sites excluding steroid dienone is 1. The minimum atomic E-state index is -3.79. The topological polar surface area (TPSA) is 43.4 Å². The Balaban J connectivity index is 2.67. The minimum Gasteiger partial charge on any atom is -0.384 e. The predicted octanol–water partition coefficient (Wildman–Crippen LogP) is 3.08. The molecule has 2 aromatic carbocycles. The van der Waals surface area contributed by atoms with E-state index in [9.17, 15) is 8.42 Å². The van der Waals surface area contributed by atoms with Gasteiger partial charge in [0, 0.05) is 5.39 Å². The zero-order valence-electron chi connectivity index (χ0n) is 9.38. The molecule has 88 valence electrons. The third-order valence-electron chi connectivity index (χ3n) is 2.27. The monoisotopic (exact) mass is 248 g/mol. The van der Waals surface area contributed by atoms with Gasteiger partial charge in [-0.2, -0.15) is 8.42 Å². The van der Waals surface area contributed by atoms with Gasteiger partial charge in [0.15, 0.2) is 0 Å². The van der Waals surface area contributed by atoms with Crippen molar-refractivity contribution in [3.8, 4) is 0 Å². The molecule has 2 aromatic rings. The van der Waals surface area contributed by atoms with Crippen LogP contribution in [0.5, 0.6) is 0 Å². The van der Waals surface area contributed by atoms with Crippen molar-refractivity contribution in [2.24, 2.45) is 0 Å². The normalized spacial score (nSPS) is 11.4. The van der Waals surface area contributed by atoms with Crippen LogP contribution >= 0.6 is 0 Å². The molecule has 0 spiro atoms. The van der Waals surface area contributed by atoms with Gasteiger partial charge < -0.3 is 4.18 Å². The lowest BCUT2D eigenvalue weighted by Crippen LogP contribution is -2.05. The quantitative estimate of drug-likeness (QED) is 0.619. The molecule has 0 N–H and O–H groups in total. The minimum absolute atomic E-state index is 0.151. The molecule has 0 fully saturated rings. The summed E-state index contributed by atoms with van der Waals surface area (Å²) < 4.78 is 28.8. The van der Waals surface area contributed by atoms with Crippen LogP contribution < -0.4 is 0 Å². The van der Waals surface area contributed by atoms with Gasteiger partial charge in [-0.15, -0.1) is 0 Å². The van der Waals surface area contributed by atoms with E-state index in [1.807, 2.05) is 18.2 Å². The highest BCUT2D eigenvalue weighted by atomic mass is 32.2. The molecule has 0 radical (unpaired) electrons. The van der Waals surface area contributed by atoms with Gasteiger partial charge in [-0.3, -0.25) is 0 Å². The molecule has 0 saturated carbocycles. The van der Waals surface area contributed by atoms with Crippen LogP contribution in [0.15, 0.2) is 59.7 Å². The van der Waals surface area contributed by atoms with Gasteiger partial charge in [-0.05, 0) is 18.4 Å². The lowest BCUT2D eigenvalue weighted by Gasteiger charge is -2.08. The summed E-state index contributed by atoms with van der Waals surface area (Å²) >= 11 is 0. The molecule has 0 bridgehead atoms. The van der Waals surface area contributed by atoms with Crippen molar-refractivity contribution in [3.63, 3.8) is 0 Å². The molecule has 0 heterocycles. The van der Waals surface area contributed by atoms with E-state index in [1.165, 1.54) is 13.0 Å². The second-order valence-corrected chi connectivity index (χ2v) is 5.23. The molecule has 0 saturated heterocycles. The second kappa shape index (κ2) is 4.22. The molecule has 0 atom stereocenters. The molecule has 0 amide bonds. The Morgan fingerprint density at radius 2 is 1.76 bits per heavy atom. The first-order valence-corrected chi connectivity index (χ1v) is 6.49. The van der Waals surface area contributed by atoms with Gasteiger partial charge >= 0.3 is 10.1 Å². The van der Waals surface area contributed by atoms with E-state index < -0.39 is 10.1 Å². The number of fused-ring (bicyclic) bond motifs is 1. The molecular formula is C13H12O3S. The first-order valence-electron chi connectivity index (χ1n) is 5.08. The van der Waals surface area contributed by atoms with E-state index in [4.69, 9.17) is 4.18 Å². The zero-order valence-corrected chi connectivity index (χ0v) is 10.2. The van der Waals surface area contributed by atoms with Crippen molar-refractivity contribution in [1.82, 2.24) is 0 Å². The molecular weight excluding hydrogens is 236 g/mol. The van der Waals surface area contributed by atoms with E-state index in [0.29, 0.717) is 5.39 Å². The first kappa shape index (κ1) is 11.7. The lowest BCUT2D eigenvalue weighted by atomic mass is 10.1. The van der Waals surface area contributed by atoms with Crippen LogP contribution in [-0.2, 0) is 14.3 Å². The molecule has 0 aliphatic heterocycles. The lowest BCUT2D eigenvalue weighted by molar-refractivity contribution is 0.411. The van der Waals surface area contributed by atoms with E-state index >= 15 is 0 Å². The van der Waals surface area contributed by atoms with Crippen LogP contribution in [-0.4, -0.2) is 8.42 Å². The SMILES string of the molecule is C=C(C)OS(=O)(=O)c1cccc2ccccc12. The fraction of sp³-hybridized carbons (Fsp3) is 0.0769. The number of hydrogen-bond donors (Lipinski definition) is 0. The van der Waals surface area contributed by atoms with Crippen LogP contribution in [0.1, 0.15) is 6.92 Å². The smallest absolute Gasteiger partial charge is 0.339 e. The highest BCUT2D eigenvalue weighted by Crippen LogP contribution is 2.25. The average Bonchev–Trinajstić information content (AvgIpc) is 2.26. The summed E-state index contributed by atoms with van der Waals surface area (Å²) in [5.41, 5.74) is 0. The summed E-state index contributed by atoms with van der Waals surface area (Å²) in [7, 11) is -3.79. The van der Waals surface area contributed by atoms with Crippen molar-refractivity contribution >= 4 is 20.9 Å². The molecule has 3 nitrogen and oxygen atoms in total. The van der Waals surface area contributed by atoms with Crippen LogP contribution in [0, 0.1) is 0 Å². The molecule has 17 heavy (non-hydrogen) atoms. The van der Waals surface area contributed by atoms with Crippen LogP contribution in [0.25, 0.3) is 10.8 Å². The van der Waals surface area contributed by atoms with Crippen molar-refractivity contribution in [1.29, 1.82) is 0 Å². The average molecular weight is 248 g/mol. The predicted molar refractivity (Wildman–Crippen MR) is 67.0 cm³/mol. The second-order valence-electron chi connectivity index (χ2n) is 3.72. The molecule has 0 aromatic heterocycles. The Morgan fingerprint density at radius 1 is 1.12 bits per heavy atom. The standard InChI is InChI=1S/C13H12O3S/c1-10(2)16-17(14,15)13-9-5-7-11-6-3-4-8-12(11)13/h3-9H,1H2,2H3. The summed E-state index contributed by atoms with van der Waals surface area (Å²) in [4.78, 5) is 0.165. The van der Waals surface area contributed by atoms with Crippen molar-refractivity contribution < 1.29 is 12.6 Å². The maximum atomic E-state index is 12.0. The third kappa shape index (κ3) is 2.31. The molecule has 0 aliphatic rings. The third-order valence-corrected chi connectivity index (χ3v) is 3.67. The fourth-order valence-electron chi connectivity index (χ4n) is 1.65. The Morgan fingerprint density at radius 3 is 2.47 bits per heavy atom. The van der Waals surface area contributed by atoms with Gasteiger partial charge in [0.05, 0.1) is 0 Å². The zero-order chi connectivity index (χ0) is 12.5. The van der Waals surface area contributed by atoms with Gasteiger partial charge in [-0.25, -0.2) is 0 Å². The summed E-state index contributed by atoms with van der Waals surface area (Å²) in [6.07, 6.45) is 0. The maximum absolute atomic E-state index is 12.0. The van der Waals surface area contributed by atoms with E-state index in [1.54, 1.807) is 18.2 Å². The summed E-state index contributed by atoms with van der Waals surface area (Å²) in [5.74, 6) is 0.151. The van der Waals surface area contributed by atoms with E-state index in [-0.39, 0.29) is 10.7 Å². The van der Waals surface area contributed by atoms with Gasteiger partial charge in [0.2, 0.25) is 0 Å². The number of benzene rings is 2. The number of hydrogen-bond acceptors (Lipinski definition) is 3.